The first kappa shape index (κ1) is 26.6. The molecule has 206 valence electrons. The number of hydrogen-bond acceptors (Lipinski definition) is 9. The summed E-state index contributed by atoms with van der Waals surface area (Å²) in [5.74, 6) is -3.06. The number of anilines is 4. The number of fused-ring (bicyclic) bond motifs is 2. The number of rotatable bonds is 8. The molecule has 4 N–H and O–H groups in total. The Kier molecular flexibility index (Phi) is 7.05. The molecule has 5 rings (SSSR count). The lowest BCUT2D eigenvalue weighted by Gasteiger charge is -2.27. The number of nitrogens with zero attached hydrogens (tertiary/aromatic N) is 4. The van der Waals surface area contributed by atoms with Gasteiger partial charge in [-0.1, -0.05) is 12.1 Å². The van der Waals surface area contributed by atoms with Crippen LogP contribution < -0.4 is 10.2 Å². The lowest BCUT2D eigenvalue weighted by Crippen LogP contribution is -2.27. The van der Waals surface area contributed by atoms with Gasteiger partial charge in [0.15, 0.2) is 11.6 Å². The number of aromatic nitrogens is 4. The van der Waals surface area contributed by atoms with Gasteiger partial charge in [-0.25, -0.2) is 14.2 Å². The van der Waals surface area contributed by atoms with Crippen LogP contribution in [0.4, 0.5) is 40.7 Å². The molecule has 10 nitrogen and oxygen atoms in total. The minimum Gasteiger partial charge on any atom is -0.459 e. The molecule has 3 heterocycles. The van der Waals surface area contributed by atoms with Gasteiger partial charge in [0.05, 0.1) is 35.1 Å². The van der Waals surface area contributed by atoms with E-state index in [0.29, 0.717) is 33.6 Å². The van der Waals surface area contributed by atoms with Gasteiger partial charge in [0.1, 0.15) is 0 Å². The largest absolute Gasteiger partial charge is 0.490 e. The number of aryl methyl sites for hydroxylation is 1. The lowest BCUT2D eigenvalue weighted by atomic mass is 10.1. The Morgan fingerprint density at radius 1 is 1.21 bits per heavy atom. The van der Waals surface area contributed by atoms with E-state index in [1.54, 1.807) is 36.4 Å². The number of benzene rings is 2. The number of aromatic amines is 1. The number of nitrogens with one attached hydrogen (secondary N) is 2. The molecule has 1 aliphatic rings. The van der Waals surface area contributed by atoms with E-state index >= 15 is 4.39 Å². The minimum atomic E-state index is -5.12. The van der Waals surface area contributed by atoms with Crippen molar-refractivity contribution in [2.24, 2.45) is 0 Å². The number of hydrogen-bond donors (Lipinski definition) is 4. The van der Waals surface area contributed by atoms with Crippen LogP contribution in [0.5, 0.6) is 0 Å². The Bertz CT molecular complexity index is 1530. The predicted octanol–water partition coefficient (Wildman–Crippen LogP) is 5.53. The molecule has 0 atom stereocenters. The van der Waals surface area contributed by atoms with Crippen LogP contribution >= 0.6 is 10.6 Å². The summed E-state index contributed by atoms with van der Waals surface area (Å²) in [5, 5.41) is 10.3. The quantitative estimate of drug-likeness (QED) is 0.123. The zero-order valence-electron chi connectivity index (χ0n) is 20.1. The lowest BCUT2D eigenvalue weighted by molar-refractivity contribution is -0.199. The molecule has 0 bridgehead atoms. The standard InChI is InChI=1S/C24H22F4N6O4S/c25-17-13-29-23(31-15-6-5-14-7-10-39(36,37)20(14)11-15)32-21(17)34(8-2-9-38-22(35)24(26,27)28)19-4-1-3-18-16(19)12-30-33-18/h1,3-6,11-13,36-37H,2,7-10H2,(H,30,33)(H,29,31,32). The molecule has 0 aliphatic carbocycles. The first-order valence-corrected chi connectivity index (χ1v) is 13.4. The molecule has 2 aromatic heterocycles. The van der Waals surface area contributed by atoms with E-state index in [-0.39, 0.29) is 30.5 Å². The van der Waals surface area contributed by atoms with Gasteiger partial charge in [0, 0.05) is 23.4 Å². The van der Waals surface area contributed by atoms with Crippen molar-refractivity contribution in [1.29, 1.82) is 0 Å². The first-order chi connectivity index (χ1) is 18.5. The van der Waals surface area contributed by atoms with E-state index < -0.39 is 35.2 Å². The van der Waals surface area contributed by atoms with Crippen molar-refractivity contribution in [3.05, 3.63) is 60.2 Å². The van der Waals surface area contributed by atoms with Crippen LogP contribution in [0.25, 0.3) is 10.9 Å². The SMILES string of the molecule is O=C(OCCCN(c1nc(Nc2ccc3c(c2)S(O)(O)CC3)ncc1F)c1cccc2[nH]ncc12)C(F)(F)F. The Balaban J connectivity index is 1.44. The highest BCUT2D eigenvalue weighted by atomic mass is 32.3. The normalized spacial score (nSPS) is 15.1. The molecule has 0 fully saturated rings. The van der Waals surface area contributed by atoms with Crippen molar-refractivity contribution < 1.29 is 36.2 Å². The van der Waals surface area contributed by atoms with E-state index in [9.17, 15) is 27.1 Å². The molecule has 2 aromatic carbocycles. The topological polar surface area (TPSA) is 136 Å². The number of H-pyrrole nitrogens is 1. The van der Waals surface area contributed by atoms with Crippen molar-refractivity contribution in [3.8, 4) is 0 Å². The molecule has 0 unspecified atom stereocenters. The van der Waals surface area contributed by atoms with Gasteiger partial charge in [0.25, 0.3) is 0 Å². The maximum Gasteiger partial charge on any atom is 0.490 e. The molecule has 39 heavy (non-hydrogen) atoms. The van der Waals surface area contributed by atoms with E-state index in [0.717, 1.165) is 11.8 Å². The molecule has 0 saturated heterocycles. The molecule has 0 saturated carbocycles. The fourth-order valence-electron chi connectivity index (χ4n) is 4.24. The van der Waals surface area contributed by atoms with Gasteiger partial charge in [-0.15, -0.1) is 0 Å². The van der Waals surface area contributed by atoms with Crippen molar-refractivity contribution in [2.75, 3.05) is 29.1 Å². The van der Waals surface area contributed by atoms with Crippen LogP contribution in [0.1, 0.15) is 12.0 Å². The number of carbonyl (C=O) groups excluding carboxylic acids is 1. The third-order valence-electron chi connectivity index (χ3n) is 6.06. The number of carbonyl (C=O) groups is 1. The third-order valence-corrected chi connectivity index (χ3v) is 7.91. The molecule has 0 spiro atoms. The smallest absolute Gasteiger partial charge is 0.459 e. The van der Waals surface area contributed by atoms with Crippen LogP contribution in [0, 0.1) is 5.82 Å². The second-order valence-electron chi connectivity index (χ2n) is 8.68. The van der Waals surface area contributed by atoms with E-state index in [2.05, 4.69) is 30.2 Å². The molecule has 0 amide bonds. The highest BCUT2D eigenvalue weighted by molar-refractivity contribution is 8.24. The van der Waals surface area contributed by atoms with Crippen molar-refractivity contribution >= 4 is 50.6 Å². The highest BCUT2D eigenvalue weighted by Gasteiger charge is 2.40. The third kappa shape index (κ3) is 5.60. The van der Waals surface area contributed by atoms with Crippen LogP contribution in [-0.4, -0.2) is 60.3 Å². The Hall–Kier alpha value is -3.95. The molecule has 1 aliphatic heterocycles. The van der Waals surface area contributed by atoms with E-state index in [4.69, 9.17) is 0 Å². The summed E-state index contributed by atoms with van der Waals surface area (Å²) < 4.78 is 77.5. The monoisotopic (exact) mass is 566 g/mol. The van der Waals surface area contributed by atoms with Crippen molar-refractivity contribution in [2.45, 2.75) is 23.9 Å². The zero-order valence-corrected chi connectivity index (χ0v) is 20.9. The zero-order chi connectivity index (χ0) is 27.8. The van der Waals surface area contributed by atoms with Gasteiger partial charge in [-0.05, 0) is 42.7 Å². The van der Waals surface area contributed by atoms with Crippen LogP contribution in [0.3, 0.4) is 0 Å². The Morgan fingerprint density at radius 3 is 2.82 bits per heavy atom. The summed E-state index contributed by atoms with van der Waals surface area (Å²) in [6, 6.07) is 10.2. The molecule has 0 radical (unpaired) electrons. The summed E-state index contributed by atoms with van der Waals surface area (Å²) in [6.07, 6.45) is -2.20. The Labute approximate surface area is 220 Å². The van der Waals surface area contributed by atoms with Gasteiger partial charge in [-0.3, -0.25) is 14.2 Å². The molecular formula is C24H22F4N6O4S. The maximum atomic E-state index is 15.1. The highest BCUT2D eigenvalue weighted by Crippen LogP contribution is 2.55. The van der Waals surface area contributed by atoms with Crippen LogP contribution in [0.2, 0.25) is 0 Å². The fourth-order valence-corrected chi connectivity index (χ4v) is 5.87. The van der Waals surface area contributed by atoms with Gasteiger partial charge >= 0.3 is 12.1 Å². The number of ether oxygens (including phenoxy) is 1. The molecule has 4 aromatic rings. The number of halogens is 4. The summed E-state index contributed by atoms with van der Waals surface area (Å²) in [4.78, 5) is 21.2. The van der Waals surface area contributed by atoms with E-state index in [1.165, 1.54) is 11.1 Å². The second kappa shape index (κ2) is 10.3. The van der Waals surface area contributed by atoms with Gasteiger partial charge < -0.3 is 15.0 Å². The van der Waals surface area contributed by atoms with Crippen molar-refractivity contribution in [1.82, 2.24) is 20.2 Å². The molecular weight excluding hydrogens is 544 g/mol. The predicted molar refractivity (Wildman–Crippen MR) is 136 cm³/mol. The first-order valence-electron chi connectivity index (χ1n) is 11.6. The summed E-state index contributed by atoms with van der Waals surface area (Å²) in [5.41, 5.74) is 2.37. The second-order valence-corrected chi connectivity index (χ2v) is 10.9. The van der Waals surface area contributed by atoms with Crippen LogP contribution in [-0.2, 0) is 16.0 Å². The van der Waals surface area contributed by atoms with Crippen molar-refractivity contribution in [3.63, 3.8) is 0 Å². The summed E-state index contributed by atoms with van der Waals surface area (Å²) in [6.45, 7) is -0.627. The van der Waals surface area contributed by atoms with Gasteiger partial charge in [0.2, 0.25) is 5.95 Å². The van der Waals surface area contributed by atoms with Gasteiger partial charge in [-0.2, -0.15) is 33.8 Å². The van der Waals surface area contributed by atoms with E-state index in [1.807, 2.05) is 0 Å². The minimum absolute atomic E-state index is 0.00584. The Morgan fingerprint density at radius 2 is 2.03 bits per heavy atom. The summed E-state index contributed by atoms with van der Waals surface area (Å²) >= 11 is 0. The summed E-state index contributed by atoms with van der Waals surface area (Å²) in [7, 11) is -2.89. The fraction of sp³-hybridized carbons (Fsp3) is 0.250. The van der Waals surface area contributed by atoms with Crippen LogP contribution in [0.15, 0.2) is 53.7 Å². The average molecular weight is 567 g/mol. The average Bonchev–Trinajstić information content (AvgIpc) is 3.49. The maximum absolute atomic E-state index is 15.1. The number of alkyl halides is 3. The number of esters is 1. The molecule has 15 heteroatoms.